The maximum absolute atomic E-state index is 14.0. The number of aliphatic hydroxyl groups excluding tert-OH is 2. The Hall–Kier alpha value is -2.23. The van der Waals surface area contributed by atoms with Crippen LogP contribution in [0.3, 0.4) is 0 Å². The number of hydrogen-bond donors (Lipinski definition) is 4. The quantitative estimate of drug-likeness (QED) is 0.216. The van der Waals surface area contributed by atoms with Gasteiger partial charge >= 0.3 is 6.18 Å². The van der Waals surface area contributed by atoms with E-state index in [1.54, 1.807) is 12.3 Å². The Morgan fingerprint density at radius 1 is 1.11 bits per heavy atom. The van der Waals surface area contributed by atoms with Crippen LogP contribution in [-0.2, 0) is 11.0 Å². The Morgan fingerprint density at radius 2 is 1.84 bits per heavy atom. The Kier molecular flexibility index (Phi) is 11.2. The third-order valence-corrected chi connectivity index (χ3v) is 9.89. The van der Waals surface area contributed by atoms with E-state index in [2.05, 4.69) is 25.5 Å². The van der Waals surface area contributed by atoms with Crippen molar-refractivity contribution in [1.82, 2.24) is 25.6 Å². The van der Waals surface area contributed by atoms with Crippen molar-refractivity contribution in [3.8, 4) is 0 Å². The minimum Gasteiger partial charge on any atom is -0.390 e. The number of fused-ring (bicyclic) bond motifs is 1. The molecule has 244 valence electrons. The number of allylic oxidation sites excluding steroid dienone is 1. The van der Waals surface area contributed by atoms with Crippen molar-refractivity contribution < 1.29 is 32.6 Å². The van der Waals surface area contributed by atoms with Gasteiger partial charge in [-0.1, -0.05) is 6.07 Å². The van der Waals surface area contributed by atoms with Gasteiger partial charge in [0.25, 0.3) is 0 Å². The van der Waals surface area contributed by atoms with Gasteiger partial charge in [-0.25, -0.2) is 9.82 Å². The van der Waals surface area contributed by atoms with Gasteiger partial charge in [-0.2, -0.15) is 13.2 Å². The first-order chi connectivity index (χ1) is 21.1. The molecular formula is C30H42F4N6O3S. The largest absolute Gasteiger partial charge is 0.417 e. The molecule has 5 rings (SSSR count). The Balaban J connectivity index is 1.22. The molecule has 3 fully saturated rings. The predicted octanol–water partition coefficient (Wildman–Crippen LogP) is 2.61. The van der Waals surface area contributed by atoms with E-state index < -0.39 is 30.6 Å². The molecule has 0 spiro atoms. The highest BCUT2D eigenvalue weighted by atomic mass is 32.2. The highest BCUT2D eigenvalue weighted by molar-refractivity contribution is 7.99. The number of rotatable bonds is 11. The highest BCUT2D eigenvalue weighted by Gasteiger charge is 2.40. The van der Waals surface area contributed by atoms with Gasteiger partial charge in [-0.05, 0) is 49.5 Å². The lowest BCUT2D eigenvalue weighted by Gasteiger charge is -2.34. The van der Waals surface area contributed by atoms with Gasteiger partial charge in [0.2, 0.25) is 5.91 Å². The van der Waals surface area contributed by atoms with Crippen molar-refractivity contribution >= 4 is 23.9 Å². The normalized spacial score (nSPS) is 24.8. The van der Waals surface area contributed by atoms with Crippen molar-refractivity contribution in [2.24, 2.45) is 10.9 Å². The molecule has 9 nitrogen and oxygen atoms in total. The molecule has 2 unspecified atom stereocenters. The highest BCUT2D eigenvalue weighted by Crippen LogP contribution is 2.42. The molecule has 1 amide bonds. The molecule has 4 aliphatic heterocycles. The summed E-state index contributed by atoms with van der Waals surface area (Å²) < 4.78 is 55.4. The topological polar surface area (TPSA) is 104 Å². The van der Waals surface area contributed by atoms with E-state index in [9.17, 15) is 27.5 Å². The average Bonchev–Trinajstić information content (AvgIpc) is 3.36. The van der Waals surface area contributed by atoms with E-state index in [1.807, 2.05) is 11.1 Å². The number of carbonyl (C=O) groups excluding carboxylic acids is 1. The number of aliphatic hydroxyl groups is 2. The standard InChI is InChI=1S/C30H42F4N6O3S/c31-21-4-9-38(10-5-21)13-14-44-27-15-20(1-2-25(27)30(32,33)34)29-24-16-35-8-3-26(24)40(37-29)18-23(42)17-39-11-6-22(7-12-39)36-28(43)19-41/h1-3,8,15,21-24,29,37,41-42H,4-7,9-14,16-19H2,(H,36,43)/t23-,24?,29?/m0/s1. The fraction of sp³-hybridized carbons (Fsp3) is 0.667. The van der Waals surface area contributed by atoms with Crippen molar-refractivity contribution in [2.45, 2.75) is 61.1 Å². The molecule has 3 saturated heterocycles. The number of β-amino-alcohol motifs (C(OH)–C–C–N with tert-alkyl or cyclic N) is 1. The SMILES string of the molecule is O=C(CO)NC1CCN(C[C@H](O)CN2NC(c3ccc(C(F)(F)F)c(SCCN4CCC(F)CC4)c3)C3CN=CC=C32)CC1. The molecule has 4 heterocycles. The summed E-state index contributed by atoms with van der Waals surface area (Å²) in [6.07, 6.45) is 0.0570. The average molecular weight is 643 g/mol. The summed E-state index contributed by atoms with van der Waals surface area (Å²) in [4.78, 5) is 20.3. The lowest BCUT2D eigenvalue weighted by molar-refractivity contribution is -0.139. The van der Waals surface area contributed by atoms with Gasteiger partial charge < -0.3 is 30.3 Å². The van der Waals surface area contributed by atoms with Crippen LogP contribution in [-0.4, -0.2) is 120 Å². The lowest BCUT2D eigenvalue weighted by Crippen LogP contribution is -2.49. The Labute approximate surface area is 259 Å². The first kappa shape index (κ1) is 33.1. The number of hydrogen-bond acceptors (Lipinski definition) is 9. The van der Waals surface area contributed by atoms with Gasteiger partial charge in [-0.15, -0.1) is 11.8 Å². The summed E-state index contributed by atoms with van der Waals surface area (Å²) in [5, 5.41) is 24.7. The van der Waals surface area contributed by atoms with E-state index in [1.165, 1.54) is 17.8 Å². The number of alkyl halides is 4. The number of amides is 1. The minimum atomic E-state index is -4.48. The summed E-state index contributed by atoms with van der Waals surface area (Å²) in [6.45, 7) is 3.97. The zero-order valence-electron chi connectivity index (χ0n) is 24.7. The van der Waals surface area contributed by atoms with Crippen LogP contribution in [0.1, 0.15) is 42.9 Å². The van der Waals surface area contributed by atoms with Gasteiger partial charge in [0.15, 0.2) is 0 Å². The van der Waals surface area contributed by atoms with Gasteiger partial charge in [0, 0.05) is 80.3 Å². The molecule has 0 radical (unpaired) electrons. The zero-order valence-corrected chi connectivity index (χ0v) is 25.5. The molecule has 0 saturated carbocycles. The number of likely N-dealkylation sites (tertiary alicyclic amines) is 2. The van der Waals surface area contributed by atoms with Crippen LogP contribution >= 0.6 is 11.8 Å². The van der Waals surface area contributed by atoms with Gasteiger partial charge in [-0.3, -0.25) is 9.79 Å². The van der Waals surface area contributed by atoms with Crippen LogP contribution in [0.15, 0.2) is 39.9 Å². The van der Waals surface area contributed by atoms with E-state index >= 15 is 0 Å². The number of benzene rings is 1. The molecule has 4 aliphatic rings. The number of piperidine rings is 2. The molecule has 1 aromatic rings. The van der Waals surface area contributed by atoms with Gasteiger partial charge in [0.05, 0.1) is 24.3 Å². The fourth-order valence-electron chi connectivity index (χ4n) is 6.48. The number of carbonyl (C=O) groups is 1. The number of halogens is 4. The summed E-state index contributed by atoms with van der Waals surface area (Å²) in [7, 11) is 0. The molecule has 14 heteroatoms. The van der Waals surface area contributed by atoms with Crippen LogP contribution in [0.25, 0.3) is 0 Å². The Bertz CT molecular complexity index is 1190. The monoisotopic (exact) mass is 642 g/mol. The van der Waals surface area contributed by atoms with Crippen molar-refractivity contribution in [3.63, 3.8) is 0 Å². The fourth-order valence-corrected chi connectivity index (χ4v) is 7.61. The van der Waals surface area contributed by atoms with E-state index in [0.29, 0.717) is 71.0 Å². The second-order valence-electron chi connectivity index (χ2n) is 12.0. The maximum Gasteiger partial charge on any atom is 0.417 e. The number of nitrogens with one attached hydrogen (secondary N) is 2. The summed E-state index contributed by atoms with van der Waals surface area (Å²) >= 11 is 1.18. The summed E-state index contributed by atoms with van der Waals surface area (Å²) in [5.74, 6) is 0.00409. The van der Waals surface area contributed by atoms with E-state index in [4.69, 9.17) is 5.11 Å². The number of nitrogens with zero attached hydrogens (tertiary/aromatic N) is 4. The van der Waals surface area contributed by atoms with Crippen LogP contribution in [0.4, 0.5) is 17.6 Å². The maximum atomic E-state index is 14.0. The minimum absolute atomic E-state index is 0.0113. The molecule has 0 bridgehead atoms. The molecule has 44 heavy (non-hydrogen) atoms. The Morgan fingerprint density at radius 3 is 2.55 bits per heavy atom. The number of hydrazine groups is 1. The molecule has 1 aromatic carbocycles. The lowest BCUT2D eigenvalue weighted by atomic mass is 9.90. The van der Waals surface area contributed by atoms with Crippen LogP contribution in [0.2, 0.25) is 0 Å². The molecular weight excluding hydrogens is 600 g/mol. The smallest absolute Gasteiger partial charge is 0.390 e. The zero-order chi connectivity index (χ0) is 31.3. The van der Waals surface area contributed by atoms with Crippen molar-refractivity contribution in [3.05, 3.63) is 41.1 Å². The number of thioether (sulfide) groups is 1. The van der Waals surface area contributed by atoms with Gasteiger partial charge in [0.1, 0.15) is 12.8 Å². The van der Waals surface area contributed by atoms with Crippen LogP contribution in [0, 0.1) is 5.92 Å². The second kappa shape index (κ2) is 14.9. The molecule has 4 N–H and O–H groups in total. The van der Waals surface area contributed by atoms with Crippen molar-refractivity contribution in [1.29, 1.82) is 0 Å². The predicted molar refractivity (Wildman–Crippen MR) is 161 cm³/mol. The van der Waals surface area contributed by atoms with E-state index in [0.717, 1.165) is 30.2 Å². The molecule has 0 aliphatic carbocycles. The van der Waals surface area contributed by atoms with Crippen molar-refractivity contribution in [2.75, 3.05) is 64.7 Å². The van der Waals surface area contributed by atoms with Crippen LogP contribution < -0.4 is 10.7 Å². The third-order valence-electron chi connectivity index (χ3n) is 8.85. The number of dihydropyridines is 1. The summed E-state index contributed by atoms with van der Waals surface area (Å²) in [5.41, 5.74) is 4.47. The second-order valence-corrected chi connectivity index (χ2v) is 13.1. The first-order valence-electron chi connectivity index (χ1n) is 15.4. The number of aliphatic imine (C=N–C) groups is 1. The molecule has 0 aromatic heterocycles. The first-order valence-corrected chi connectivity index (χ1v) is 16.3. The molecule has 3 atom stereocenters. The summed E-state index contributed by atoms with van der Waals surface area (Å²) in [6, 6.07) is 4.04. The van der Waals surface area contributed by atoms with E-state index in [-0.39, 0.29) is 28.8 Å². The third kappa shape index (κ3) is 8.52. The van der Waals surface area contributed by atoms with Crippen LogP contribution in [0.5, 0.6) is 0 Å².